The lowest BCUT2D eigenvalue weighted by Gasteiger charge is -2.32. The number of carbonyl (C=O) groups is 3. The maximum atomic E-state index is 13.8. The summed E-state index contributed by atoms with van der Waals surface area (Å²) in [6.45, 7) is 1.31. The van der Waals surface area contributed by atoms with Crippen molar-refractivity contribution in [2.45, 2.75) is 57.3 Å². The molecular weight excluding hydrogens is 526 g/mol. The molecule has 2 aromatic carbocycles. The van der Waals surface area contributed by atoms with Gasteiger partial charge in [0.2, 0.25) is 17.7 Å². The highest BCUT2D eigenvalue weighted by Crippen LogP contribution is 2.37. The number of nitrogens with one attached hydrogen (secondary N) is 2. The van der Waals surface area contributed by atoms with Crippen molar-refractivity contribution in [1.82, 2.24) is 5.32 Å². The lowest BCUT2D eigenvalue weighted by atomic mass is 9.95. The third kappa shape index (κ3) is 8.11. The normalized spacial score (nSPS) is 15.8. The Bertz CT molecular complexity index is 1170. The molecule has 0 heterocycles. The maximum absolute atomic E-state index is 13.8. The summed E-state index contributed by atoms with van der Waals surface area (Å²) in [5.74, 6) is -4.28. The van der Waals surface area contributed by atoms with E-state index >= 15 is 0 Å². The zero-order chi connectivity index (χ0) is 27.9. The molecule has 2 aromatic rings. The number of para-hydroxylation sites is 1. The van der Waals surface area contributed by atoms with Gasteiger partial charge in [-0.2, -0.15) is 13.2 Å². The van der Waals surface area contributed by atoms with Crippen LogP contribution in [-0.4, -0.2) is 45.5 Å². The van der Waals surface area contributed by atoms with E-state index in [0.717, 1.165) is 56.4 Å². The molecule has 12 heteroatoms. The average molecular weight is 556 g/mol. The summed E-state index contributed by atoms with van der Waals surface area (Å²) in [6, 6.07) is 7.70. The first-order valence-electron chi connectivity index (χ1n) is 12.1. The number of rotatable bonds is 9. The van der Waals surface area contributed by atoms with E-state index in [4.69, 9.17) is 0 Å². The Labute approximate surface area is 220 Å². The zero-order valence-electron chi connectivity index (χ0n) is 20.7. The highest BCUT2D eigenvalue weighted by atomic mass is 32.2. The van der Waals surface area contributed by atoms with E-state index in [2.05, 4.69) is 10.6 Å². The smallest absolute Gasteiger partial charge is 0.352 e. The van der Waals surface area contributed by atoms with Crippen molar-refractivity contribution >= 4 is 39.9 Å². The summed E-state index contributed by atoms with van der Waals surface area (Å²) in [4.78, 5) is 39.2. The van der Waals surface area contributed by atoms with Crippen LogP contribution in [0.4, 0.5) is 28.9 Å². The molecule has 7 nitrogen and oxygen atoms in total. The number of hydrogen-bond acceptors (Lipinski definition) is 4. The first-order chi connectivity index (χ1) is 18.0. The minimum atomic E-state index is -4.82. The van der Waals surface area contributed by atoms with Crippen molar-refractivity contribution in [3.8, 4) is 0 Å². The fourth-order valence-corrected chi connectivity index (χ4v) is 5.18. The molecule has 2 N–H and O–H groups in total. The number of benzene rings is 2. The van der Waals surface area contributed by atoms with Gasteiger partial charge in [-0.3, -0.25) is 23.5 Å². The van der Waals surface area contributed by atoms with Gasteiger partial charge in [-0.15, -0.1) is 0 Å². The molecule has 0 spiro atoms. The molecule has 0 unspecified atom stereocenters. The minimum absolute atomic E-state index is 0.141. The third-order valence-corrected chi connectivity index (χ3v) is 7.31. The predicted octanol–water partition coefficient (Wildman–Crippen LogP) is 4.40. The Kier molecular flexibility index (Phi) is 10.0. The molecule has 206 valence electrons. The second-order valence-corrected chi connectivity index (χ2v) is 10.5. The number of halogens is 4. The van der Waals surface area contributed by atoms with E-state index in [9.17, 15) is 36.2 Å². The Hall–Kier alpha value is -3.28. The minimum Gasteiger partial charge on any atom is -0.352 e. The fourth-order valence-electron chi connectivity index (χ4n) is 4.30. The Morgan fingerprint density at radius 1 is 1.00 bits per heavy atom. The van der Waals surface area contributed by atoms with E-state index in [0.29, 0.717) is 4.90 Å². The van der Waals surface area contributed by atoms with E-state index in [1.54, 1.807) is 0 Å². The van der Waals surface area contributed by atoms with Gasteiger partial charge in [0.15, 0.2) is 0 Å². The Balaban J connectivity index is 1.78. The van der Waals surface area contributed by atoms with Gasteiger partial charge in [0.1, 0.15) is 23.4 Å². The molecule has 1 fully saturated rings. The Morgan fingerprint density at radius 3 is 2.26 bits per heavy atom. The second kappa shape index (κ2) is 13.0. The van der Waals surface area contributed by atoms with Crippen LogP contribution in [0.5, 0.6) is 0 Å². The lowest BCUT2D eigenvalue weighted by molar-refractivity contribution is -0.137. The number of nitrogens with zero attached hydrogens (tertiary/aromatic N) is 1. The van der Waals surface area contributed by atoms with Gasteiger partial charge in [0.25, 0.3) is 0 Å². The quantitative estimate of drug-likeness (QED) is 0.449. The summed E-state index contributed by atoms with van der Waals surface area (Å²) in [7, 11) is -2.11. The largest absolute Gasteiger partial charge is 0.418 e. The van der Waals surface area contributed by atoms with Crippen LogP contribution in [0.1, 0.15) is 44.6 Å². The van der Waals surface area contributed by atoms with Crippen molar-refractivity contribution in [2.24, 2.45) is 0 Å². The summed E-state index contributed by atoms with van der Waals surface area (Å²) in [5, 5.41) is 5.23. The lowest BCUT2D eigenvalue weighted by Crippen LogP contribution is -2.52. The van der Waals surface area contributed by atoms with E-state index in [1.807, 2.05) is 0 Å². The molecule has 0 saturated heterocycles. The monoisotopic (exact) mass is 555 g/mol. The fraction of sp³-hybridized carbons (Fsp3) is 0.423. The highest BCUT2D eigenvalue weighted by molar-refractivity contribution is 7.86. The van der Waals surface area contributed by atoms with Crippen LogP contribution in [0.25, 0.3) is 0 Å². The highest BCUT2D eigenvalue weighted by Gasteiger charge is 2.39. The SMILES string of the molecule is C[C@H](C(=O)NC1CCCCC1)N(C(=O)C[S@@](=O)CC(=O)Nc1ccc(F)cc1)c1ccccc1C(F)(F)F. The van der Waals surface area contributed by atoms with Gasteiger partial charge < -0.3 is 10.6 Å². The van der Waals surface area contributed by atoms with Crippen molar-refractivity contribution in [3.63, 3.8) is 0 Å². The van der Waals surface area contributed by atoms with Gasteiger partial charge in [0.05, 0.1) is 11.3 Å². The molecule has 0 aliphatic heterocycles. The van der Waals surface area contributed by atoms with Crippen molar-refractivity contribution < 1.29 is 36.2 Å². The van der Waals surface area contributed by atoms with Crippen molar-refractivity contribution in [1.29, 1.82) is 0 Å². The van der Waals surface area contributed by atoms with Crippen LogP contribution in [0.2, 0.25) is 0 Å². The van der Waals surface area contributed by atoms with E-state index < -0.39 is 69.3 Å². The van der Waals surface area contributed by atoms with Crippen LogP contribution in [0.15, 0.2) is 48.5 Å². The number of hydrogen-bond donors (Lipinski definition) is 2. The maximum Gasteiger partial charge on any atom is 0.418 e. The van der Waals surface area contributed by atoms with Crippen molar-refractivity contribution in [2.75, 3.05) is 21.7 Å². The number of anilines is 2. The molecule has 38 heavy (non-hydrogen) atoms. The third-order valence-electron chi connectivity index (χ3n) is 6.16. The van der Waals surface area contributed by atoms with Gasteiger partial charge >= 0.3 is 6.18 Å². The van der Waals surface area contributed by atoms with Gasteiger partial charge in [-0.1, -0.05) is 31.4 Å². The van der Waals surface area contributed by atoms with Crippen LogP contribution in [0, 0.1) is 5.82 Å². The van der Waals surface area contributed by atoms with Gasteiger partial charge in [0, 0.05) is 22.5 Å². The molecule has 0 bridgehead atoms. The molecule has 3 amide bonds. The average Bonchev–Trinajstić information content (AvgIpc) is 2.85. The molecule has 0 radical (unpaired) electrons. The molecule has 3 rings (SSSR count). The summed E-state index contributed by atoms with van der Waals surface area (Å²) in [6.07, 6.45) is -0.484. The van der Waals surface area contributed by atoms with Crippen LogP contribution >= 0.6 is 0 Å². The molecule has 2 atom stereocenters. The standard InChI is InChI=1S/C26H29F4N3O4S/c1-17(25(36)32-19-7-3-2-4-8-19)33(22-10-6-5-9-21(22)26(28,29)30)24(35)16-38(37)15-23(34)31-20-13-11-18(27)12-14-20/h5-6,9-14,17,19H,2-4,7-8,15-16H2,1H3,(H,31,34)(H,32,36)/t17-,38+/m1/s1. The molecular formula is C26H29F4N3O4S. The molecule has 1 aliphatic rings. The van der Waals surface area contributed by atoms with E-state index in [1.165, 1.54) is 31.2 Å². The Morgan fingerprint density at radius 2 is 1.63 bits per heavy atom. The topological polar surface area (TPSA) is 95.6 Å². The van der Waals surface area contributed by atoms with Gasteiger partial charge in [-0.25, -0.2) is 4.39 Å². The van der Waals surface area contributed by atoms with Crippen LogP contribution < -0.4 is 15.5 Å². The first-order valence-corrected chi connectivity index (χ1v) is 13.6. The zero-order valence-corrected chi connectivity index (χ0v) is 21.5. The number of alkyl halides is 3. The number of carbonyl (C=O) groups excluding carboxylic acids is 3. The second-order valence-electron chi connectivity index (χ2n) is 9.08. The molecule has 1 saturated carbocycles. The van der Waals surface area contributed by atoms with Gasteiger partial charge in [-0.05, 0) is 56.2 Å². The van der Waals surface area contributed by atoms with Crippen LogP contribution in [-0.2, 0) is 31.4 Å². The molecule has 0 aromatic heterocycles. The summed E-state index contributed by atoms with van der Waals surface area (Å²) < 4.78 is 67.1. The summed E-state index contributed by atoms with van der Waals surface area (Å²) in [5.41, 5.74) is -1.41. The number of amides is 3. The summed E-state index contributed by atoms with van der Waals surface area (Å²) >= 11 is 0. The van der Waals surface area contributed by atoms with Crippen molar-refractivity contribution in [3.05, 3.63) is 59.9 Å². The molecule has 1 aliphatic carbocycles. The van der Waals surface area contributed by atoms with E-state index in [-0.39, 0.29) is 11.7 Å². The van der Waals surface area contributed by atoms with Crippen LogP contribution in [0.3, 0.4) is 0 Å². The first kappa shape index (κ1) is 29.3. The predicted molar refractivity (Wildman–Crippen MR) is 136 cm³/mol.